The van der Waals surface area contributed by atoms with Gasteiger partial charge >= 0.3 is 0 Å². The number of furan rings is 1. The van der Waals surface area contributed by atoms with E-state index in [2.05, 4.69) is 4.98 Å². The van der Waals surface area contributed by atoms with Crippen molar-refractivity contribution in [3.63, 3.8) is 0 Å². The molecule has 1 amide bonds. The number of carbonyl (C=O) groups excluding carboxylic acids is 1. The highest BCUT2D eigenvalue weighted by Gasteiger charge is 2.17. The summed E-state index contributed by atoms with van der Waals surface area (Å²) in [5.41, 5.74) is 0.883. The van der Waals surface area contributed by atoms with Crippen LogP contribution in [-0.4, -0.2) is 22.8 Å². The van der Waals surface area contributed by atoms with Crippen LogP contribution in [0.5, 0.6) is 0 Å². The zero-order valence-corrected chi connectivity index (χ0v) is 10.3. The zero-order valence-electron chi connectivity index (χ0n) is 9.56. The van der Waals surface area contributed by atoms with Crippen LogP contribution in [0, 0.1) is 5.82 Å². The lowest BCUT2D eigenvalue weighted by Crippen LogP contribution is -2.26. The Hall–Kier alpha value is -1.88. The molecule has 18 heavy (non-hydrogen) atoms. The molecule has 0 atom stereocenters. The monoisotopic (exact) mass is 268 g/mol. The fourth-order valence-electron chi connectivity index (χ4n) is 1.51. The Bertz CT molecular complexity index is 557. The Morgan fingerprint density at radius 3 is 3.06 bits per heavy atom. The smallest absolute Gasteiger partial charge is 0.257 e. The van der Waals surface area contributed by atoms with Crippen molar-refractivity contribution < 1.29 is 13.6 Å². The van der Waals surface area contributed by atoms with Crippen LogP contribution in [0.3, 0.4) is 0 Å². The van der Waals surface area contributed by atoms with Gasteiger partial charge in [-0.2, -0.15) is 0 Å². The van der Waals surface area contributed by atoms with E-state index in [1.807, 2.05) is 0 Å². The van der Waals surface area contributed by atoms with Gasteiger partial charge in [0.25, 0.3) is 5.91 Å². The molecule has 0 aromatic carbocycles. The van der Waals surface area contributed by atoms with Gasteiger partial charge in [-0.1, -0.05) is 11.6 Å². The van der Waals surface area contributed by atoms with E-state index in [0.717, 1.165) is 17.8 Å². The molecule has 2 aromatic rings. The molecule has 2 rings (SSSR count). The molecule has 0 bridgehead atoms. The van der Waals surface area contributed by atoms with E-state index >= 15 is 0 Å². The Morgan fingerprint density at radius 1 is 1.61 bits per heavy atom. The zero-order chi connectivity index (χ0) is 13.1. The van der Waals surface area contributed by atoms with E-state index in [1.54, 1.807) is 13.1 Å². The third-order valence-corrected chi connectivity index (χ3v) is 2.68. The second-order valence-corrected chi connectivity index (χ2v) is 4.14. The fraction of sp³-hybridized carbons (Fsp3) is 0.167. The molecule has 4 nitrogen and oxygen atoms in total. The minimum atomic E-state index is -0.598. The largest absolute Gasteiger partial charge is 0.472 e. The molecule has 94 valence electrons. The highest BCUT2D eigenvalue weighted by atomic mass is 35.5. The standard InChI is InChI=1S/C12H10ClFN2O2/c1-16(6-8-2-3-18-7-8)12(17)10-4-9(14)5-15-11(10)13/h2-5,7H,6H2,1H3. The van der Waals surface area contributed by atoms with Crippen LogP contribution in [0.25, 0.3) is 0 Å². The maximum Gasteiger partial charge on any atom is 0.257 e. The molecular weight excluding hydrogens is 259 g/mol. The van der Waals surface area contributed by atoms with Crippen LogP contribution in [0.15, 0.2) is 35.3 Å². The third-order valence-electron chi connectivity index (χ3n) is 2.38. The van der Waals surface area contributed by atoms with Crippen molar-refractivity contribution in [2.45, 2.75) is 6.54 Å². The summed E-state index contributed by atoms with van der Waals surface area (Å²) in [4.78, 5) is 17.1. The Balaban J connectivity index is 2.17. The van der Waals surface area contributed by atoms with Crippen molar-refractivity contribution >= 4 is 17.5 Å². The molecule has 0 saturated carbocycles. The van der Waals surface area contributed by atoms with Crippen LogP contribution in [0.4, 0.5) is 4.39 Å². The molecule has 0 saturated heterocycles. The van der Waals surface area contributed by atoms with Gasteiger partial charge in [0.1, 0.15) is 11.0 Å². The Kier molecular flexibility index (Phi) is 3.62. The molecule has 6 heteroatoms. The molecule has 0 spiro atoms. The number of nitrogens with zero attached hydrogens (tertiary/aromatic N) is 2. The number of rotatable bonds is 3. The lowest BCUT2D eigenvalue weighted by Gasteiger charge is -2.16. The summed E-state index contributed by atoms with van der Waals surface area (Å²) in [5.74, 6) is -0.993. The van der Waals surface area contributed by atoms with Crippen molar-refractivity contribution in [3.8, 4) is 0 Å². The third kappa shape index (κ3) is 2.68. The van der Waals surface area contributed by atoms with Crippen LogP contribution in [-0.2, 0) is 6.54 Å². The van der Waals surface area contributed by atoms with E-state index in [4.69, 9.17) is 16.0 Å². The quantitative estimate of drug-likeness (QED) is 0.804. The fourth-order valence-corrected chi connectivity index (χ4v) is 1.69. The van der Waals surface area contributed by atoms with Crippen molar-refractivity contribution in [1.82, 2.24) is 9.88 Å². The molecule has 0 aliphatic rings. The van der Waals surface area contributed by atoms with Crippen molar-refractivity contribution in [3.05, 3.63) is 53.0 Å². The van der Waals surface area contributed by atoms with Gasteiger partial charge in [-0.05, 0) is 12.1 Å². The number of halogens is 2. The van der Waals surface area contributed by atoms with Gasteiger partial charge in [-0.15, -0.1) is 0 Å². The van der Waals surface area contributed by atoms with E-state index in [-0.39, 0.29) is 10.7 Å². The van der Waals surface area contributed by atoms with Gasteiger partial charge in [0.05, 0.1) is 24.3 Å². The van der Waals surface area contributed by atoms with Gasteiger partial charge in [0.15, 0.2) is 0 Å². The second-order valence-electron chi connectivity index (χ2n) is 3.78. The summed E-state index contributed by atoms with van der Waals surface area (Å²) >= 11 is 5.77. The number of aromatic nitrogens is 1. The van der Waals surface area contributed by atoms with Crippen LogP contribution in [0.2, 0.25) is 5.15 Å². The molecule has 0 fully saturated rings. The number of amides is 1. The second kappa shape index (κ2) is 5.18. The van der Waals surface area contributed by atoms with E-state index in [9.17, 15) is 9.18 Å². The number of carbonyl (C=O) groups is 1. The van der Waals surface area contributed by atoms with Crippen LogP contribution < -0.4 is 0 Å². The summed E-state index contributed by atoms with van der Waals surface area (Å²) in [7, 11) is 1.59. The number of pyridine rings is 1. The highest BCUT2D eigenvalue weighted by Crippen LogP contribution is 2.16. The highest BCUT2D eigenvalue weighted by molar-refractivity contribution is 6.32. The van der Waals surface area contributed by atoms with E-state index in [1.165, 1.54) is 17.4 Å². The molecule has 0 radical (unpaired) electrons. The summed E-state index contributed by atoms with van der Waals surface area (Å²) in [6.07, 6.45) is 4.02. The van der Waals surface area contributed by atoms with E-state index in [0.29, 0.717) is 6.54 Å². The van der Waals surface area contributed by atoms with Gasteiger partial charge in [0.2, 0.25) is 0 Å². The van der Waals surface area contributed by atoms with Gasteiger partial charge < -0.3 is 9.32 Å². The molecule has 0 unspecified atom stereocenters. The summed E-state index contributed by atoms with van der Waals surface area (Å²) in [5, 5.41) is -0.0135. The van der Waals surface area contributed by atoms with Crippen molar-refractivity contribution in [1.29, 1.82) is 0 Å². The summed E-state index contributed by atoms with van der Waals surface area (Å²) < 4.78 is 17.9. The van der Waals surface area contributed by atoms with Gasteiger partial charge in [0, 0.05) is 19.2 Å². The number of hydrogen-bond acceptors (Lipinski definition) is 3. The molecule has 2 aromatic heterocycles. The maximum atomic E-state index is 13.0. The van der Waals surface area contributed by atoms with Crippen molar-refractivity contribution in [2.24, 2.45) is 0 Å². The maximum absolute atomic E-state index is 13.0. The molecule has 0 aliphatic carbocycles. The minimum absolute atomic E-state index is 0.0135. The van der Waals surface area contributed by atoms with Crippen LogP contribution >= 0.6 is 11.6 Å². The van der Waals surface area contributed by atoms with Crippen molar-refractivity contribution in [2.75, 3.05) is 7.05 Å². The summed E-state index contributed by atoms with van der Waals surface area (Å²) in [6.45, 7) is 0.349. The molecular formula is C12H10ClFN2O2. The first-order valence-electron chi connectivity index (χ1n) is 5.15. The lowest BCUT2D eigenvalue weighted by molar-refractivity contribution is 0.0784. The van der Waals surface area contributed by atoms with Crippen LogP contribution in [0.1, 0.15) is 15.9 Å². The predicted molar refractivity (Wildman–Crippen MR) is 63.7 cm³/mol. The Labute approximate surface area is 108 Å². The predicted octanol–water partition coefficient (Wildman–Crippen LogP) is 2.74. The first-order chi connectivity index (χ1) is 8.58. The average Bonchev–Trinajstić information content (AvgIpc) is 2.84. The summed E-state index contributed by atoms with van der Waals surface area (Å²) in [6, 6.07) is 2.82. The average molecular weight is 269 g/mol. The lowest BCUT2D eigenvalue weighted by atomic mass is 10.2. The number of hydrogen-bond donors (Lipinski definition) is 0. The molecule has 0 aliphatic heterocycles. The minimum Gasteiger partial charge on any atom is -0.472 e. The topological polar surface area (TPSA) is 46.3 Å². The molecule has 0 N–H and O–H groups in total. The van der Waals surface area contributed by atoms with Gasteiger partial charge in [-0.25, -0.2) is 9.37 Å². The van der Waals surface area contributed by atoms with E-state index < -0.39 is 11.7 Å². The first-order valence-corrected chi connectivity index (χ1v) is 5.53. The van der Waals surface area contributed by atoms with Gasteiger partial charge in [-0.3, -0.25) is 4.79 Å². The Morgan fingerprint density at radius 2 is 2.39 bits per heavy atom. The SMILES string of the molecule is CN(Cc1ccoc1)C(=O)c1cc(F)cnc1Cl. The molecule has 2 heterocycles. The first kappa shape index (κ1) is 12.6. The normalized spacial score (nSPS) is 10.4.